The predicted molar refractivity (Wildman–Crippen MR) is 59.0 cm³/mol. The van der Waals surface area contributed by atoms with Crippen LogP contribution in [0.3, 0.4) is 0 Å². The Balaban J connectivity index is 2.43. The van der Waals surface area contributed by atoms with Gasteiger partial charge >= 0.3 is 97.2 Å². The van der Waals surface area contributed by atoms with Crippen LogP contribution in [0.25, 0.3) is 0 Å². The molecule has 0 spiro atoms. The van der Waals surface area contributed by atoms with Crippen molar-refractivity contribution >= 4 is 11.4 Å². The van der Waals surface area contributed by atoms with Crippen LogP contribution in [-0.2, 0) is 0 Å². The molecule has 1 aromatic carbocycles. The van der Waals surface area contributed by atoms with Gasteiger partial charge in [0.2, 0.25) is 0 Å². The zero-order valence-corrected chi connectivity index (χ0v) is 11.0. The van der Waals surface area contributed by atoms with Crippen LogP contribution >= 0.6 is 0 Å². The Kier molecular flexibility index (Phi) is 5.07. The summed E-state index contributed by atoms with van der Waals surface area (Å²) in [6, 6.07) is 8.13. The number of nitrogen functional groups attached to an aromatic ring is 1. The van der Waals surface area contributed by atoms with E-state index in [-0.39, 0.29) is 21.5 Å². The summed E-state index contributed by atoms with van der Waals surface area (Å²) in [5.74, 6) is 0. The van der Waals surface area contributed by atoms with Crippen molar-refractivity contribution in [3.63, 3.8) is 0 Å². The summed E-state index contributed by atoms with van der Waals surface area (Å²) in [5, 5.41) is 0. The van der Waals surface area contributed by atoms with Crippen LogP contribution in [0.4, 0.5) is 11.4 Å². The molecule has 3 heteroatoms. The molecule has 0 aliphatic heterocycles. The van der Waals surface area contributed by atoms with Gasteiger partial charge in [0, 0.05) is 0 Å². The second-order valence-corrected chi connectivity index (χ2v) is 6.44. The number of rotatable bonds is 5. The normalized spacial score (nSPS) is 10.4. The summed E-state index contributed by atoms with van der Waals surface area (Å²) >= 11 is 0.160. The summed E-state index contributed by atoms with van der Waals surface area (Å²) in [6.07, 6.45) is 2.65. The van der Waals surface area contributed by atoms with Crippen LogP contribution in [0.5, 0.6) is 0 Å². The van der Waals surface area contributed by atoms with E-state index in [4.69, 9.17) is 5.73 Å². The number of nitrogens with zero attached hydrogens (tertiary/aromatic N) is 1. The Morgan fingerprint density at radius 3 is 2.50 bits per heavy atom. The molecule has 0 amide bonds. The van der Waals surface area contributed by atoms with E-state index in [1.165, 1.54) is 23.0 Å². The maximum atomic E-state index is 5.64. The van der Waals surface area contributed by atoms with Gasteiger partial charge in [0.25, 0.3) is 0 Å². The fourth-order valence-electron chi connectivity index (χ4n) is 1.07. The molecule has 0 saturated carbocycles. The summed E-state index contributed by atoms with van der Waals surface area (Å²) in [4.78, 5) is 0. The van der Waals surface area contributed by atoms with Crippen LogP contribution in [0.1, 0.15) is 19.8 Å². The van der Waals surface area contributed by atoms with Gasteiger partial charge in [-0.3, -0.25) is 0 Å². The molecule has 2 nitrogen and oxygen atoms in total. The van der Waals surface area contributed by atoms with Crippen molar-refractivity contribution < 1.29 is 21.5 Å². The standard InChI is InChI=1S/C11H18IN2/c1-3-4-9-12-14(2)11-7-5-10(13)6-8-11/h5-8H,3-4,9,13H2,1-2H3/q-1. The molecule has 2 N–H and O–H groups in total. The number of hydrogen-bond donors (Lipinski definition) is 1. The van der Waals surface area contributed by atoms with Crippen molar-refractivity contribution in [1.29, 1.82) is 0 Å². The van der Waals surface area contributed by atoms with Crippen LogP contribution in [0.2, 0.25) is 0 Å². The SMILES string of the molecule is CCCC[I-]N(C)c1ccc(N)cc1. The summed E-state index contributed by atoms with van der Waals surface area (Å²) in [7, 11) is 2.18. The van der Waals surface area contributed by atoms with Crippen LogP contribution in [-0.4, -0.2) is 11.5 Å². The minimum absolute atomic E-state index is 0.160. The molecule has 1 rings (SSSR count). The number of unbranched alkanes of at least 4 members (excludes halogenated alkanes) is 1. The van der Waals surface area contributed by atoms with E-state index in [2.05, 4.69) is 29.2 Å². The van der Waals surface area contributed by atoms with E-state index >= 15 is 0 Å². The Morgan fingerprint density at radius 2 is 1.93 bits per heavy atom. The molecule has 0 unspecified atom stereocenters. The van der Waals surface area contributed by atoms with E-state index in [1.54, 1.807) is 0 Å². The number of halogens is 1. The molecule has 80 valence electrons. The van der Waals surface area contributed by atoms with E-state index in [1.807, 2.05) is 12.1 Å². The second kappa shape index (κ2) is 6.11. The zero-order chi connectivity index (χ0) is 10.4. The Morgan fingerprint density at radius 1 is 1.29 bits per heavy atom. The van der Waals surface area contributed by atoms with Crippen molar-refractivity contribution in [3.8, 4) is 0 Å². The van der Waals surface area contributed by atoms with Gasteiger partial charge in [-0.2, -0.15) is 0 Å². The van der Waals surface area contributed by atoms with Gasteiger partial charge in [0.1, 0.15) is 0 Å². The first-order valence-electron chi connectivity index (χ1n) is 4.92. The van der Waals surface area contributed by atoms with E-state index in [0.29, 0.717) is 0 Å². The van der Waals surface area contributed by atoms with Crippen LogP contribution < -0.4 is 30.3 Å². The third kappa shape index (κ3) is 3.74. The Bertz CT molecular complexity index is 258. The summed E-state index contributed by atoms with van der Waals surface area (Å²) in [5.41, 5.74) is 7.78. The Labute approximate surface area is 97.1 Å². The van der Waals surface area contributed by atoms with Gasteiger partial charge in [0.15, 0.2) is 0 Å². The van der Waals surface area contributed by atoms with Crippen LogP contribution in [0, 0.1) is 0 Å². The first kappa shape index (κ1) is 11.6. The molecule has 0 fully saturated rings. The number of alkyl halides is 1. The van der Waals surface area contributed by atoms with Gasteiger partial charge < -0.3 is 0 Å². The van der Waals surface area contributed by atoms with E-state index in [9.17, 15) is 0 Å². The molecular weight excluding hydrogens is 287 g/mol. The average Bonchev–Trinajstić information content (AvgIpc) is 2.19. The molecule has 14 heavy (non-hydrogen) atoms. The predicted octanol–water partition coefficient (Wildman–Crippen LogP) is -0.491. The van der Waals surface area contributed by atoms with Gasteiger partial charge in [-0.25, -0.2) is 0 Å². The monoisotopic (exact) mass is 305 g/mol. The number of benzene rings is 1. The fraction of sp³-hybridized carbons (Fsp3) is 0.455. The zero-order valence-electron chi connectivity index (χ0n) is 8.83. The molecule has 0 radical (unpaired) electrons. The average molecular weight is 305 g/mol. The first-order chi connectivity index (χ1) is 6.74. The van der Waals surface area contributed by atoms with E-state index in [0.717, 1.165) is 5.69 Å². The van der Waals surface area contributed by atoms with Crippen molar-refractivity contribution in [2.75, 3.05) is 20.3 Å². The quantitative estimate of drug-likeness (QED) is 0.261. The number of anilines is 2. The van der Waals surface area contributed by atoms with Crippen molar-refractivity contribution in [2.45, 2.75) is 19.8 Å². The van der Waals surface area contributed by atoms with Crippen molar-refractivity contribution in [2.24, 2.45) is 0 Å². The minimum atomic E-state index is 0.160. The topological polar surface area (TPSA) is 29.3 Å². The van der Waals surface area contributed by atoms with Gasteiger partial charge in [0.05, 0.1) is 0 Å². The first-order valence-corrected chi connectivity index (χ1v) is 7.41. The molecule has 0 aliphatic carbocycles. The van der Waals surface area contributed by atoms with Crippen LogP contribution in [0.15, 0.2) is 24.3 Å². The molecule has 0 bridgehead atoms. The second-order valence-electron chi connectivity index (χ2n) is 3.23. The van der Waals surface area contributed by atoms with Gasteiger partial charge in [-0.05, 0) is 0 Å². The van der Waals surface area contributed by atoms with Crippen molar-refractivity contribution in [1.82, 2.24) is 0 Å². The Hall–Kier alpha value is -0.450. The fourth-order valence-corrected chi connectivity index (χ4v) is 3.61. The molecule has 1 aromatic rings. The summed E-state index contributed by atoms with van der Waals surface area (Å²) < 4.78 is 3.75. The molecule has 0 heterocycles. The summed E-state index contributed by atoms with van der Waals surface area (Å²) in [6.45, 7) is 2.24. The number of nitrogens with two attached hydrogens (primary N) is 1. The maximum absolute atomic E-state index is 5.64. The molecule has 0 atom stereocenters. The van der Waals surface area contributed by atoms with Gasteiger partial charge in [-0.1, -0.05) is 0 Å². The van der Waals surface area contributed by atoms with E-state index < -0.39 is 0 Å². The van der Waals surface area contributed by atoms with Gasteiger partial charge in [-0.15, -0.1) is 0 Å². The molecule has 0 aromatic heterocycles. The number of hydrogen-bond acceptors (Lipinski definition) is 2. The van der Waals surface area contributed by atoms with Crippen molar-refractivity contribution in [3.05, 3.63) is 24.3 Å². The third-order valence-electron chi connectivity index (χ3n) is 2.00. The third-order valence-corrected chi connectivity index (χ3v) is 4.83. The molecule has 0 saturated heterocycles. The molecular formula is C11H18IN2-. The molecule has 0 aliphatic rings.